The van der Waals surface area contributed by atoms with Crippen LogP contribution >= 0.6 is 0 Å². The number of hydrogen-bond acceptors (Lipinski definition) is 10. The summed E-state index contributed by atoms with van der Waals surface area (Å²) in [5.74, 6) is 0.382. The fraction of sp³-hybridized carbons (Fsp3) is 0.618. The monoisotopic (exact) mass is 644 g/mol. The predicted octanol–water partition coefficient (Wildman–Crippen LogP) is 6.71. The van der Waals surface area contributed by atoms with E-state index in [1.807, 2.05) is 46.8 Å². The Bertz CT molecular complexity index is 1240. The highest BCUT2D eigenvalue weighted by Gasteiger charge is 2.47. The predicted molar refractivity (Wildman–Crippen MR) is 174 cm³/mol. The summed E-state index contributed by atoms with van der Waals surface area (Å²) >= 11 is 0. The third kappa shape index (κ3) is 13.6. The van der Waals surface area contributed by atoms with E-state index in [0.717, 1.165) is 24.0 Å². The van der Waals surface area contributed by atoms with E-state index in [2.05, 4.69) is 20.8 Å². The van der Waals surface area contributed by atoms with Gasteiger partial charge in [-0.05, 0) is 104 Å². The SMILES string of the molecule is CCCCOC(=O)C(C)(ONC(=O)OC(C)(C)C)C(CCC)Oc1ccc(-c2ncc(CCCNC(=O)OC(C)(C)C)cn2)cc1. The molecule has 2 atom stereocenters. The Kier molecular flexibility index (Phi) is 14.7. The van der Waals surface area contributed by atoms with Crippen LogP contribution in [0.3, 0.4) is 0 Å². The molecule has 2 N–H and O–H groups in total. The minimum absolute atomic E-state index is 0.218. The molecule has 12 nitrogen and oxygen atoms in total. The van der Waals surface area contributed by atoms with Crippen LogP contribution in [0.4, 0.5) is 9.59 Å². The number of aryl methyl sites for hydroxylation is 1. The molecule has 1 aromatic carbocycles. The van der Waals surface area contributed by atoms with E-state index in [1.165, 1.54) is 6.92 Å². The van der Waals surface area contributed by atoms with Crippen LogP contribution in [-0.4, -0.2) is 64.2 Å². The van der Waals surface area contributed by atoms with E-state index in [4.69, 9.17) is 23.8 Å². The number of carbonyl (C=O) groups excluding carboxylic acids is 3. The van der Waals surface area contributed by atoms with Crippen molar-refractivity contribution in [2.45, 2.75) is 124 Å². The summed E-state index contributed by atoms with van der Waals surface area (Å²) in [5.41, 5.74) is 1.03. The van der Waals surface area contributed by atoms with Gasteiger partial charge in [-0.2, -0.15) is 5.48 Å². The minimum Gasteiger partial charge on any atom is -0.487 e. The molecule has 2 aromatic rings. The van der Waals surface area contributed by atoms with Gasteiger partial charge in [0.15, 0.2) is 5.82 Å². The zero-order chi connectivity index (χ0) is 34.4. The second kappa shape index (κ2) is 17.7. The Hall–Kier alpha value is -3.93. The van der Waals surface area contributed by atoms with Gasteiger partial charge in [0.25, 0.3) is 0 Å². The molecule has 0 aliphatic rings. The average molecular weight is 645 g/mol. The first-order valence-electron chi connectivity index (χ1n) is 16.0. The average Bonchev–Trinajstić information content (AvgIpc) is 2.97. The maximum Gasteiger partial charge on any atom is 0.431 e. The van der Waals surface area contributed by atoms with Crippen molar-refractivity contribution in [2.24, 2.45) is 0 Å². The lowest BCUT2D eigenvalue weighted by Crippen LogP contribution is -2.56. The van der Waals surface area contributed by atoms with Gasteiger partial charge in [0, 0.05) is 24.5 Å². The Labute approximate surface area is 273 Å². The number of hydrogen-bond donors (Lipinski definition) is 2. The van der Waals surface area contributed by atoms with Gasteiger partial charge >= 0.3 is 18.2 Å². The number of rotatable bonds is 16. The summed E-state index contributed by atoms with van der Waals surface area (Å²) in [6.45, 7) is 16.8. The molecule has 0 bridgehead atoms. The zero-order valence-electron chi connectivity index (χ0n) is 28.9. The van der Waals surface area contributed by atoms with Gasteiger partial charge in [-0.15, -0.1) is 0 Å². The van der Waals surface area contributed by atoms with Crippen molar-refractivity contribution in [3.8, 4) is 17.1 Å². The fourth-order valence-corrected chi connectivity index (χ4v) is 4.12. The Balaban J connectivity index is 2.09. The normalized spacial score (nSPS) is 13.6. The largest absolute Gasteiger partial charge is 0.487 e. The molecule has 2 unspecified atom stereocenters. The summed E-state index contributed by atoms with van der Waals surface area (Å²) < 4.78 is 22.3. The molecule has 46 heavy (non-hydrogen) atoms. The van der Waals surface area contributed by atoms with E-state index in [9.17, 15) is 14.4 Å². The molecule has 0 radical (unpaired) electrons. The molecule has 0 aliphatic heterocycles. The molecule has 0 spiro atoms. The first kappa shape index (κ1) is 38.3. The van der Waals surface area contributed by atoms with Crippen molar-refractivity contribution in [2.75, 3.05) is 13.2 Å². The number of esters is 1. The number of unbranched alkanes of at least 4 members (excludes halogenated alkanes) is 1. The molecule has 0 saturated heterocycles. The summed E-state index contributed by atoms with van der Waals surface area (Å²) in [7, 11) is 0. The van der Waals surface area contributed by atoms with Crippen LogP contribution in [-0.2, 0) is 30.3 Å². The second-order valence-corrected chi connectivity index (χ2v) is 13.2. The van der Waals surface area contributed by atoms with Gasteiger partial charge in [0.05, 0.1) is 6.61 Å². The molecule has 256 valence electrons. The van der Waals surface area contributed by atoms with Gasteiger partial charge < -0.3 is 24.3 Å². The lowest BCUT2D eigenvalue weighted by atomic mass is 9.95. The number of hydroxylamine groups is 1. The van der Waals surface area contributed by atoms with Crippen LogP contribution in [0.25, 0.3) is 11.4 Å². The van der Waals surface area contributed by atoms with Crippen molar-refractivity contribution in [1.29, 1.82) is 0 Å². The molecule has 12 heteroatoms. The Morgan fingerprint density at radius 3 is 2.00 bits per heavy atom. The van der Waals surface area contributed by atoms with Crippen LogP contribution in [0.15, 0.2) is 36.7 Å². The maximum atomic E-state index is 13.3. The number of benzene rings is 1. The number of carbonyl (C=O) groups is 3. The van der Waals surface area contributed by atoms with Crippen molar-refractivity contribution in [3.05, 3.63) is 42.2 Å². The third-order valence-electron chi connectivity index (χ3n) is 6.45. The van der Waals surface area contributed by atoms with E-state index >= 15 is 0 Å². The van der Waals surface area contributed by atoms with Gasteiger partial charge in [-0.3, -0.25) is 0 Å². The molecule has 0 aliphatic carbocycles. The van der Waals surface area contributed by atoms with Gasteiger partial charge in [0.2, 0.25) is 5.60 Å². The van der Waals surface area contributed by atoms with Crippen LogP contribution < -0.4 is 15.5 Å². The van der Waals surface area contributed by atoms with Crippen molar-refractivity contribution in [3.63, 3.8) is 0 Å². The highest BCUT2D eigenvalue weighted by molar-refractivity contribution is 5.80. The lowest BCUT2D eigenvalue weighted by molar-refractivity contribution is -0.195. The quantitative estimate of drug-likeness (QED) is 0.0875. The summed E-state index contributed by atoms with van der Waals surface area (Å²) in [6, 6.07) is 7.19. The van der Waals surface area contributed by atoms with Crippen LogP contribution in [0, 0.1) is 0 Å². The van der Waals surface area contributed by atoms with E-state index in [-0.39, 0.29) is 6.61 Å². The van der Waals surface area contributed by atoms with Crippen molar-refractivity contribution < 1.29 is 38.2 Å². The van der Waals surface area contributed by atoms with Crippen LogP contribution in [0.5, 0.6) is 5.75 Å². The number of ether oxygens (including phenoxy) is 4. The molecule has 2 rings (SSSR count). The molecular weight excluding hydrogens is 592 g/mol. The number of aromatic nitrogens is 2. The first-order valence-corrected chi connectivity index (χ1v) is 16.0. The van der Waals surface area contributed by atoms with Crippen molar-refractivity contribution >= 4 is 18.2 Å². The Morgan fingerprint density at radius 1 is 0.826 bits per heavy atom. The molecule has 0 saturated carbocycles. The minimum atomic E-state index is -1.67. The summed E-state index contributed by atoms with van der Waals surface area (Å²) in [5, 5.41) is 2.75. The van der Waals surface area contributed by atoms with Crippen LogP contribution in [0.2, 0.25) is 0 Å². The fourth-order valence-electron chi connectivity index (χ4n) is 4.12. The van der Waals surface area contributed by atoms with Gasteiger partial charge in [-0.1, -0.05) is 26.7 Å². The number of nitrogens with zero attached hydrogens (tertiary/aromatic N) is 2. The Morgan fingerprint density at radius 2 is 1.43 bits per heavy atom. The van der Waals surface area contributed by atoms with Crippen molar-refractivity contribution in [1.82, 2.24) is 20.8 Å². The molecule has 0 fully saturated rings. The highest BCUT2D eigenvalue weighted by Crippen LogP contribution is 2.28. The second-order valence-electron chi connectivity index (χ2n) is 13.2. The number of alkyl carbamates (subject to hydrolysis) is 1. The van der Waals surface area contributed by atoms with E-state index in [0.29, 0.717) is 43.8 Å². The molecular formula is C34H52N4O8. The molecule has 1 heterocycles. The highest BCUT2D eigenvalue weighted by atomic mass is 16.7. The third-order valence-corrected chi connectivity index (χ3v) is 6.45. The number of amides is 2. The number of nitrogens with one attached hydrogen (secondary N) is 2. The van der Waals surface area contributed by atoms with Gasteiger partial charge in [0.1, 0.15) is 23.1 Å². The zero-order valence-corrected chi connectivity index (χ0v) is 28.9. The maximum absolute atomic E-state index is 13.3. The van der Waals surface area contributed by atoms with Crippen LogP contribution in [0.1, 0.15) is 100.0 Å². The van der Waals surface area contributed by atoms with E-state index in [1.54, 1.807) is 45.3 Å². The topological polar surface area (TPSA) is 147 Å². The lowest BCUT2D eigenvalue weighted by Gasteiger charge is -2.35. The summed E-state index contributed by atoms with van der Waals surface area (Å²) in [6.07, 6.45) is 5.54. The standard InChI is InChI=1S/C34H52N4O8/c1-10-12-21-42-29(39)34(9,46-38-31(41)45-33(6,7)8)27(14-11-2)43-26-18-16-25(17-19-26)28-36-22-24(23-37-28)15-13-20-35-30(40)44-32(3,4)5/h16-19,22-23,27H,10-15,20-21H2,1-9H3,(H,35,40)(H,38,41). The first-order chi connectivity index (χ1) is 21.6. The summed E-state index contributed by atoms with van der Waals surface area (Å²) in [4.78, 5) is 52.2. The smallest absolute Gasteiger partial charge is 0.431 e. The van der Waals surface area contributed by atoms with Gasteiger partial charge in [-0.25, -0.2) is 29.2 Å². The molecule has 2 amide bonds. The molecule has 1 aromatic heterocycles. The van der Waals surface area contributed by atoms with E-state index < -0.39 is 41.1 Å².